The largest absolute Gasteiger partial charge is 0.465 e. The van der Waals surface area contributed by atoms with Crippen molar-refractivity contribution in [2.24, 2.45) is 0 Å². The fourth-order valence-corrected chi connectivity index (χ4v) is 4.30. The number of nitrogens with zero attached hydrogens (tertiary/aromatic N) is 4. The summed E-state index contributed by atoms with van der Waals surface area (Å²) in [6.07, 6.45) is 0.149. The number of esters is 1. The molecule has 1 atom stereocenters. The van der Waals surface area contributed by atoms with Crippen molar-refractivity contribution in [3.8, 4) is 0 Å². The molecule has 3 aromatic rings. The van der Waals surface area contributed by atoms with Gasteiger partial charge in [-0.1, -0.05) is 36.4 Å². The molecule has 160 valence electrons. The molecule has 0 saturated carbocycles. The first-order chi connectivity index (χ1) is 14.9. The Labute approximate surface area is 180 Å². The van der Waals surface area contributed by atoms with Crippen LogP contribution in [-0.4, -0.2) is 47.8 Å². The van der Waals surface area contributed by atoms with Crippen LogP contribution < -0.4 is 4.90 Å². The molecule has 1 amide bonds. The molecular formula is C23H24N4O4. The van der Waals surface area contributed by atoms with E-state index in [9.17, 15) is 9.59 Å². The van der Waals surface area contributed by atoms with Crippen molar-refractivity contribution in [3.05, 3.63) is 65.7 Å². The van der Waals surface area contributed by atoms with Crippen LogP contribution in [-0.2, 0) is 21.4 Å². The summed E-state index contributed by atoms with van der Waals surface area (Å²) in [5.41, 5.74) is 4.27. The van der Waals surface area contributed by atoms with Gasteiger partial charge in [-0.2, -0.15) is 0 Å². The van der Waals surface area contributed by atoms with Crippen molar-refractivity contribution in [3.63, 3.8) is 0 Å². The molecule has 4 rings (SSSR count). The molecule has 1 aliphatic rings. The number of rotatable bonds is 5. The van der Waals surface area contributed by atoms with Gasteiger partial charge in [-0.3, -0.25) is 4.90 Å². The summed E-state index contributed by atoms with van der Waals surface area (Å²) in [6, 6.07) is 13.0. The minimum absolute atomic E-state index is 0.413. The minimum Gasteiger partial charge on any atom is -0.465 e. The molecule has 0 aliphatic carbocycles. The van der Waals surface area contributed by atoms with Gasteiger partial charge >= 0.3 is 12.1 Å². The standard InChI is InChI=1S/C23H24N4O4/c1-15(13-27-20-8-6-5-7-18(20)24-25-27)12-23(2)14-26(22(29)31-4)19-10-9-16(11-17(19)23)21(28)30-3/h5-11H,1,12-14H2,2-4H3. The van der Waals surface area contributed by atoms with Gasteiger partial charge in [0, 0.05) is 12.0 Å². The first-order valence-corrected chi connectivity index (χ1v) is 9.89. The zero-order valence-electron chi connectivity index (χ0n) is 17.8. The number of anilines is 1. The van der Waals surface area contributed by atoms with Crippen molar-refractivity contribution in [1.82, 2.24) is 15.0 Å². The molecule has 0 spiro atoms. The van der Waals surface area contributed by atoms with Gasteiger partial charge in [0.05, 0.1) is 37.5 Å². The second-order valence-electron chi connectivity index (χ2n) is 8.00. The number of carbonyl (C=O) groups excluding carboxylic acids is 2. The third-order valence-electron chi connectivity index (χ3n) is 5.69. The lowest BCUT2D eigenvalue weighted by Gasteiger charge is -2.26. The highest BCUT2D eigenvalue weighted by atomic mass is 16.5. The maximum absolute atomic E-state index is 12.4. The zero-order valence-corrected chi connectivity index (χ0v) is 17.8. The Morgan fingerprint density at radius 3 is 2.68 bits per heavy atom. The van der Waals surface area contributed by atoms with Crippen LogP contribution in [0, 0.1) is 0 Å². The summed E-state index contributed by atoms with van der Waals surface area (Å²) >= 11 is 0. The SMILES string of the molecule is C=C(Cn1nnc2ccccc21)CC1(C)CN(C(=O)OC)c2ccc(C(=O)OC)cc21. The zero-order chi connectivity index (χ0) is 22.2. The Hall–Kier alpha value is -3.68. The maximum atomic E-state index is 12.4. The lowest BCUT2D eigenvalue weighted by molar-refractivity contribution is 0.0600. The number of ether oxygens (including phenoxy) is 2. The summed E-state index contributed by atoms with van der Waals surface area (Å²) in [7, 11) is 2.70. The van der Waals surface area contributed by atoms with Crippen LogP contribution >= 0.6 is 0 Å². The van der Waals surface area contributed by atoms with Gasteiger partial charge in [-0.25, -0.2) is 14.3 Å². The van der Waals surface area contributed by atoms with E-state index in [1.807, 2.05) is 28.9 Å². The molecule has 1 unspecified atom stereocenters. The topological polar surface area (TPSA) is 86.5 Å². The number of amides is 1. The van der Waals surface area contributed by atoms with Crippen LogP contribution in [0.25, 0.3) is 11.0 Å². The fourth-order valence-electron chi connectivity index (χ4n) is 4.30. The number of methoxy groups -OCH3 is 2. The quantitative estimate of drug-likeness (QED) is 0.462. The summed E-state index contributed by atoms with van der Waals surface area (Å²) in [5, 5.41) is 8.44. The van der Waals surface area contributed by atoms with E-state index >= 15 is 0 Å². The number of fused-ring (bicyclic) bond motifs is 2. The van der Waals surface area contributed by atoms with Gasteiger partial charge in [0.2, 0.25) is 0 Å². The summed E-state index contributed by atoms with van der Waals surface area (Å²) < 4.78 is 11.7. The molecule has 0 fully saturated rings. The van der Waals surface area contributed by atoms with Gasteiger partial charge in [-0.15, -0.1) is 5.10 Å². The predicted molar refractivity (Wildman–Crippen MR) is 116 cm³/mol. The summed E-state index contributed by atoms with van der Waals surface area (Å²) in [5.74, 6) is -0.422. The molecular weight excluding hydrogens is 396 g/mol. The molecule has 0 saturated heterocycles. The Morgan fingerprint density at radius 2 is 1.94 bits per heavy atom. The molecule has 0 N–H and O–H groups in total. The molecule has 0 bridgehead atoms. The van der Waals surface area contributed by atoms with Gasteiger partial charge in [0.25, 0.3) is 0 Å². The fraction of sp³-hybridized carbons (Fsp3) is 0.304. The summed E-state index contributed by atoms with van der Waals surface area (Å²) in [6.45, 7) is 7.24. The number of benzene rings is 2. The van der Waals surface area contributed by atoms with Crippen molar-refractivity contribution in [2.75, 3.05) is 25.7 Å². The molecule has 31 heavy (non-hydrogen) atoms. The van der Waals surface area contributed by atoms with E-state index < -0.39 is 17.5 Å². The summed E-state index contributed by atoms with van der Waals surface area (Å²) in [4.78, 5) is 26.1. The Bertz CT molecular complexity index is 1190. The number of hydrogen-bond donors (Lipinski definition) is 0. The van der Waals surface area contributed by atoms with Crippen molar-refractivity contribution >= 4 is 28.8 Å². The van der Waals surface area contributed by atoms with E-state index in [1.165, 1.54) is 14.2 Å². The predicted octanol–water partition coefficient (Wildman–Crippen LogP) is 3.71. The van der Waals surface area contributed by atoms with Crippen LogP contribution in [0.3, 0.4) is 0 Å². The molecule has 2 heterocycles. The number of hydrogen-bond acceptors (Lipinski definition) is 6. The third kappa shape index (κ3) is 3.65. The maximum Gasteiger partial charge on any atom is 0.414 e. The van der Waals surface area contributed by atoms with Crippen LogP contribution in [0.15, 0.2) is 54.6 Å². The van der Waals surface area contributed by atoms with Gasteiger partial charge in [0.15, 0.2) is 0 Å². The van der Waals surface area contributed by atoms with Crippen molar-refractivity contribution < 1.29 is 19.1 Å². The van der Waals surface area contributed by atoms with E-state index in [2.05, 4.69) is 23.8 Å². The molecule has 8 nitrogen and oxygen atoms in total. The van der Waals surface area contributed by atoms with Gasteiger partial charge in [-0.05, 0) is 42.3 Å². The Kier molecular flexibility index (Phi) is 5.22. The number of aromatic nitrogens is 3. The number of carbonyl (C=O) groups is 2. The average molecular weight is 420 g/mol. The van der Waals surface area contributed by atoms with Crippen LogP contribution in [0.2, 0.25) is 0 Å². The van der Waals surface area contributed by atoms with E-state index in [0.29, 0.717) is 25.1 Å². The highest BCUT2D eigenvalue weighted by molar-refractivity contribution is 5.95. The lowest BCUT2D eigenvalue weighted by atomic mass is 9.78. The monoisotopic (exact) mass is 420 g/mol. The van der Waals surface area contributed by atoms with E-state index in [4.69, 9.17) is 9.47 Å². The van der Waals surface area contributed by atoms with E-state index in [1.54, 1.807) is 23.1 Å². The lowest BCUT2D eigenvalue weighted by Crippen LogP contribution is -2.35. The molecule has 2 aromatic carbocycles. The van der Waals surface area contributed by atoms with Crippen LogP contribution in [0.1, 0.15) is 29.3 Å². The smallest absolute Gasteiger partial charge is 0.414 e. The van der Waals surface area contributed by atoms with Gasteiger partial charge in [0.1, 0.15) is 5.52 Å². The second kappa shape index (κ2) is 7.86. The second-order valence-corrected chi connectivity index (χ2v) is 8.00. The number of allylic oxidation sites excluding steroid dienone is 1. The highest BCUT2D eigenvalue weighted by Crippen LogP contribution is 2.45. The van der Waals surface area contributed by atoms with Crippen molar-refractivity contribution in [2.45, 2.75) is 25.3 Å². The first kappa shape index (κ1) is 20.6. The average Bonchev–Trinajstić information content (AvgIpc) is 3.31. The Morgan fingerprint density at radius 1 is 1.16 bits per heavy atom. The molecule has 8 heteroatoms. The minimum atomic E-state index is -0.457. The molecule has 0 radical (unpaired) electrons. The van der Waals surface area contributed by atoms with Crippen molar-refractivity contribution in [1.29, 1.82) is 0 Å². The third-order valence-corrected chi connectivity index (χ3v) is 5.69. The van der Waals surface area contributed by atoms with E-state index in [0.717, 1.165) is 27.9 Å². The van der Waals surface area contributed by atoms with Crippen LogP contribution in [0.5, 0.6) is 0 Å². The van der Waals surface area contributed by atoms with E-state index in [-0.39, 0.29) is 0 Å². The Balaban J connectivity index is 1.64. The van der Waals surface area contributed by atoms with Crippen LogP contribution in [0.4, 0.5) is 10.5 Å². The number of para-hydroxylation sites is 1. The first-order valence-electron chi connectivity index (χ1n) is 9.89. The van der Waals surface area contributed by atoms with Gasteiger partial charge < -0.3 is 9.47 Å². The molecule has 1 aromatic heterocycles. The molecule has 1 aliphatic heterocycles. The normalized spacial score (nSPS) is 17.5. The highest BCUT2D eigenvalue weighted by Gasteiger charge is 2.42.